The van der Waals surface area contributed by atoms with E-state index in [0.717, 1.165) is 12.5 Å². The molecule has 76 valence electrons. The van der Waals surface area contributed by atoms with E-state index in [4.69, 9.17) is 4.74 Å². The predicted molar refractivity (Wildman–Crippen MR) is 48.6 cm³/mol. The van der Waals surface area contributed by atoms with E-state index in [0.29, 0.717) is 13.2 Å². The van der Waals surface area contributed by atoms with E-state index in [9.17, 15) is 4.79 Å². The Hall–Kier alpha value is -0.770. The first-order valence-electron chi connectivity index (χ1n) is 4.61. The molecule has 1 aliphatic rings. The number of carbonyl (C=O) groups is 1. The van der Waals surface area contributed by atoms with Crippen LogP contribution in [0.2, 0.25) is 0 Å². The van der Waals surface area contributed by atoms with Crippen molar-refractivity contribution in [2.45, 2.75) is 12.8 Å². The molecule has 1 aliphatic carbocycles. The molecule has 0 aromatic heterocycles. The van der Waals surface area contributed by atoms with Crippen LogP contribution in [-0.2, 0) is 9.47 Å². The third-order valence-electron chi connectivity index (χ3n) is 2.11. The van der Waals surface area contributed by atoms with Gasteiger partial charge >= 0.3 is 6.09 Å². The molecule has 0 aromatic carbocycles. The summed E-state index contributed by atoms with van der Waals surface area (Å²) < 4.78 is 9.91. The average Bonchev–Trinajstić information content (AvgIpc) is 2.94. The van der Waals surface area contributed by atoms with Crippen LogP contribution in [0.15, 0.2) is 0 Å². The number of carbonyl (C=O) groups excluding carboxylic acids is 1. The van der Waals surface area contributed by atoms with Crippen LogP contribution in [0, 0.1) is 5.92 Å². The van der Waals surface area contributed by atoms with Crippen molar-refractivity contribution in [3.63, 3.8) is 0 Å². The van der Waals surface area contributed by atoms with Gasteiger partial charge in [0, 0.05) is 20.2 Å². The Bertz CT molecular complexity index is 168. The maximum atomic E-state index is 10.9. The van der Waals surface area contributed by atoms with Gasteiger partial charge in [-0.05, 0) is 18.8 Å². The topological polar surface area (TPSA) is 38.8 Å². The summed E-state index contributed by atoms with van der Waals surface area (Å²) in [6.45, 7) is 2.04. The molecule has 0 atom stereocenters. The van der Waals surface area contributed by atoms with Crippen molar-refractivity contribution in [1.29, 1.82) is 0 Å². The maximum absolute atomic E-state index is 10.9. The van der Waals surface area contributed by atoms with Crippen molar-refractivity contribution < 1.29 is 14.3 Å². The van der Waals surface area contributed by atoms with E-state index in [-0.39, 0.29) is 6.09 Å². The molecule has 4 heteroatoms. The standard InChI is InChI=1S/C9H17NO3/c1-10(9(11)12-2)5-6-13-7-8-3-4-8/h8H,3-7H2,1-2H3. The van der Waals surface area contributed by atoms with Crippen LogP contribution in [0.5, 0.6) is 0 Å². The lowest BCUT2D eigenvalue weighted by molar-refractivity contribution is 0.0896. The quantitative estimate of drug-likeness (QED) is 0.605. The number of methoxy groups -OCH3 is 1. The molecule has 0 saturated heterocycles. The van der Waals surface area contributed by atoms with Gasteiger partial charge in [0.1, 0.15) is 0 Å². The summed E-state index contributed by atoms with van der Waals surface area (Å²) in [4.78, 5) is 12.4. The van der Waals surface area contributed by atoms with Crippen LogP contribution in [-0.4, -0.2) is 44.9 Å². The minimum atomic E-state index is -0.310. The van der Waals surface area contributed by atoms with Crippen molar-refractivity contribution in [2.75, 3.05) is 33.9 Å². The first-order valence-corrected chi connectivity index (χ1v) is 4.61. The highest BCUT2D eigenvalue weighted by Gasteiger charge is 2.21. The van der Waals surface area contributed by atoms with Crippen molar-refractivity contribution in [3.8, 4) is 0 Å². The zero-order valence-electron chi connectivity index (χ0n) is 8.28. The number of hydrogen-bond acceptors (Lipinski definition) is 3. The van der Waals surface area contributed by atoms with Gasteiger partial charge in [-0.1, -0.05) is 0 Å². The minimum absolute atomic E-state index is 0.310. The van der Waals surface area contributed by atoms with Crippen molar-refractivity contribution >= 4 is 6.09 Å². The smallest absolute Gasteiger partial charge is 0.409 e. The second-order valence-corrected chi connectivity index (χ2v) is 3.41. The molecule has 1 amide bonds. The molecular weight excluding hydrogens is 170 g/mol. The summed E-state index contributed by atoms with van der Waals surface area (Å²) in [5.41, 5.74) is 0. The molecule has 13 heavy (non-hydrogen) atoms. The molecule has 0 aromatic rings. The number of ether oxygens (including phenoxy) is 2. The van der Waals surface area contributed by atoms with Crippen LogP contribution >= 0.6 is 0 Å². The van der Waals surface area contributed by atoms with Crippen molar-refractivity contribution in [1.82, 2.24) is 4.90 Å². The Balaban J connectivity index is 1.93. The lowest BCUT2D eigenvalue weighted by Gasteiger charge is -2.14. The highest BCUT2D eigenvalue weighted by molar-refractivity contribution is 5.66. The summed E-state index contributed by atoms with van der Waals surface area (Å²) in [6, 6.07) is 0. The number of amides is 1. The van der Waals surface area contributed by atoms with Gasteiger partial charge in [0.2, 0.25) is 0 Å². The SMILES string of the molecule is COC(=O)N(C)CCOCC1CC1. The van der Waals surface area contributed by atoms with Gasteiger partial charge in [-0.2, -0.15) is 0 Å². The maximum Gasteiger partial charge on any atom is 0.409 e. The van der Waals surface area contributed by atoms with E-state index < -0.39 is 0 Å². The monoisotopic (exact) mass is 187 g/mol. The van der Waals surface area contributed by atoms with Gasteiger partial charge in [-0.25, -0.2) is 4.79 Å². The largest absolute Gasteiger partial charge is 0.453 e. The fraction of sp³-hybridized carbons (Fsp3) is 0.889. The average molecular weight is 187 g/mol. The molecule has 1 fully saturated rings. The summed E-state index contributed by atoms with van der Waals surface area (Å²) in [7, 11) is 3.08. The Morgan fingerprint density at radius 2 is 2.23 bits per heavy atom. The summed E-state index contributed by atoms with van der Waals surface area (Å²) in [5.74, 6) is 0.781. The van der Waals surface area contributed by atoms with E-state index in [2.05, 4.69) is 4.74 Å². The number of nitrogens with zero attached hydrogens (tertiary/aromatic N) is 1. The minimum Gasteiger partial charge on any atom is -0.453 e. The molecule has 0 bridgehead atoms. The summed E-state index contributed by atoms with van der Waals surface area (Å²) in [5, 5.41) is 0. The molecule has 0 aliphatic heterocycles. The van der Waals surface area contributed by atoms with Crippen LogP contribution in [0.1, 0.15) is 12.8 Å². The van der Waals surface area contributed by atoms with Gasteiger partial charge < -0.3 is 14.4 Å². The Labute approximate surface area is 78.8 Å². The molecule has 0 radical (unpaired) electrons. The Morgan fingerprint density at radius 3 is 2.77 bits per heavy atom. The van der Waals surface area contributed by atoms with E-state index >= 15 is 0 Å². The molecule has 4 nitrogen and oxygen atoms in total. The van der Waals surface area contributed by atoms with Crippen molar-refractivity contribution in [2.24, 2.45) is 5.92 Å². The molecule has 1 rings (SSSR count). The zero-order valence-corrected chi connectivity index (χ0v) is 8.28. The second kappa shape index (κ2) is 5.07. The molecular formula is C9H17NO3. The summed E-state index contributed by atoms with van der Waals surface area (Å²) in [6.07, 6.45) is 2.29. The predicted octanol–water partition coefficient (Wildman–Crippen LogP) is 1.11. The van der Waals surface area contributed by atoms with Gasteiger partial charge in [0.15, 0.2) is 0 Å². The molecule has 0 unspecified atom stereocenters. The van der Waals surface area contributed by atoms with Gasteiger partial charge in [-0.3, -0.25) is 0 Å². The Kier molecular flexibility index (Phi) is 4.02. The molecule has 1 saturated carbocycles. The third kappa shape index (κ3) is 4.12. The van der Waals surface area contributed by atoms with Gasteiger partial charge in [0.25, 0.3) is 0 Å². The highest BCUT2D eigenvalue weighted by Crippen LogP contribution is 2.28. The number of hydrogen-bond donors (Lipinski definition) is 0. The second-order valence-electron chi connectivity index (χ2n) is 3.41. The normalized spacial score (nSPS) is 15.5. The van der Waals surface area contributed by atoms with Gasteiger partial charge in [0.05, 0.1) is 13.7 Å². The highest BCUT2D eigenvalue weighted by atomic mass is 16.5. The van der Waals surface area contributed by atoms with Crippen LogP contribution in [0.4, 0.5) is 4.79 Å². The molecule has 0 heterocycles. The van der Waals surface area contributed by atoms with E-state index in [1.807, 2.05) is 0 Å². The third-order valence-corrected chi connectivity index (χ3v) is 2.11. The number of rotatable bonds is 5. The zero-order chi connectivity index (χ0) is 9.68. The molecule has 0 N–H and O–H groups in total. The lowest BCUT2D eigenvalue weighted by Crippen LogP contribution is -2.30. The fourth-order valence-electron chi connectivity index (χ4n) is 0.983. The lowest BCUT2D eigenvalue weighted by atomic mass is 10.5. The summed E-state index contributed by atoms with van der Waals surface area (Å²) >= 11 is 0. The van der Waals surface area contributed by atoms with Crippen LogP contribution < -0.4 is 0 Å². The first kappa shape index (κ1) is 10.3. The van der Waals surface area contributed by atoms with E-state index in [1.165, 1.54) is 24.9 Å². The van der Waals surface area contributed by atoms with E-state index in [1.54, 1.807) is 7.05 Å². The fourth-order valence-corrected chi connectivity index (χ4v) is 0.983. The molecule has 0 spiro atoms. The van der Waals surface area contributed by atoms with Crippen molar-refractivity contribution in [3.05, 3.63) is 0 Å². The van der Waals surface area contributed by atoms with Crippen LogP contribution in [0.25, 0.3) is 0 Å². The first-order chi connectivity index (χ1) is 6.24. The van der Waals surface area contributed by atoms with Crippen LogP contribution in [0.3, 0.4) is 0 Å². The van der Waals surface area contributed by atoms with Gasteiger partial charge in [-0.15, -0.1) is 0 Å². The Morgan fingerprint density at radius 1 is 1.54 bits per heavy atom. The number of likely N-dealkylation sites (N-methyl/N-ethyl adjacent to an activating group) is 1.